The van der Waals surface area contributed by atoms with Crippen LogP contribution in [0.2, 0.25) is 0 Å². The SMILES string of the molecule is CC(C)OC(=O)[C@H](C)N[P@](=O)(OCC12O[C@@H](n3ccc(=S)[nH]c3=O)C(C)(O)C1[C@H]2O)Oc1ccccc1. The van der Waals surface area contributed by atoms with Crippen LogP contribution in [0.5, 0.6) is 5.75 Å². The highest BCUT2D eigenvalue weighted by Gasteiger charge is 2.80. The molecule has 1 saturated heterocycles. The van der Waals surface area contributed by atoms with Gasteiger partial charge < -0.3 is 24.2 Å². The van der Waals surface area contributed by atoms with E-state index < -0.39 is 67.6 Å². The fourth-order valence-electron chi connectivity index (χ4n) is 4.52. The third-order valence-corrected chi connectivity index (χ3v) is 8.15. The topological polar surface area (TPSA) is 161 Å². The number of nitrogens with zero attached hydrogens (tertiary/aromatic N) is 1. The fraction of sp³-hybridized carbons (Fsp3) is 0.522. The number of benzene rings is 1. The molecule has 2 aliphatic rings. The second kappa shape index (κ2) is 10.1. The first kappa shape index (κ1) is 27.6. The lowest BCUT2D eigenvalue weighted by Crippen LogP contribution is -2.43. The monoisotopic (exact) mass is 555 g/mol. The van der Waals surface area contributed by atoms with Gasteiger partial charge in [0.15, 0.2) is 6.23 Å². The smallest absolute Gasteiger partial charge is 0.459 e. The Bertz CT molecular complexity index is 1310. The van der Waals surface area contributed by atoms with Crippen LogP contribution in [0.4, 0.5) is 0 Å². The van der Waals surface area contributed by atoms with Crippen molar-refractivity contribution in [2.75, 3.05) is 6.61 Å². The lowest BCUT2D eigenvalue weighted by molar-refractivity contribution is -0.151. The molecule has 202 valence electrons. The predicted molar refractivity (Wildman–Crippen MR) is 133 cm³/mol. The van der Waals surface area contributed by atoms with E-state index in [4.69, 9.17) is 30.7 Å². The van der Waals surface area contributed by atoms with Crippen LogP contribution in [0.25, 0.3) is 0 Å². The molecule has 0 bridgehead atoms. The van der Waals surface area contributed by atoms with E-state index in [-0.39, 0.29) is 10.4 Å². The fourth-order valence-corrected chi connectivity index (χ4v) is 6.19. The van der Waals surface area contributed by atoms with E-state index in [1.807, 2.05) is 0 Å². The van der Waals surface area contributed by atoms with Gasteiger partial charge in [0.2, 0.25) is 0 Å². The number of carbonyl (C=O) groups is 1. The van der Waals surface area contributed by atoms with Gasteiger partial charge in [0.1, 0.15) is 27.6 Å². The number of para-hydroxylation sites is 1. The average molecular weight is 556 g/mol. The van der Waals surface area contributed by atoms with Gasteiger partial charge in [-0.25, -0.2) is 9.36 Å². The van der Waals surface area contributed by atoms with Crippen LogP contribution in [-0.4, -0.2) is 61.8 Å². The summed E-state index contributed by atoms with van der Waals surface area (Å²) in [7, 11) is -4.25. The zero-order valence-corrected chi connectivity index (χ0v) is 22.4. The Morgan fingerprint density at radius 1 is 1.30 bits per heavy atom. The van der Waals surface area contributed by atoms with E-state index in [2.05, 4.69) is 10.1 Å². The van der Waals surface area contributed by atoms with E-state index in [9.17, 15) is 24.4 Å². The molecule has 4 rings (SSSR count). The van der Waals surface area contributed by atoms with Crippen molar-refractivity contribution in [1.29, 1.82) is 0 Å². The van der Waals surface area contributed by atoms with Gasteiger partial charge >= 0.3 is 19.4 Å². The van der Waals surface area contributed by atoms with Crippen molar-refractivity contribution in [2.45, 2.75) is 63.4 Å². The molecule has 0 amide bonds. The summed E-state index contributed by atoms with van der Waals surface area (Å²) in [6.07, 6.45) is -1.38. The minimum Gasteiger partial charge on any atom is -0.462 e. The lowest BCUT2D eigenvalue weighted by Gasteiger charge is -2.30. The maximum atomic E-state index is 13.8. The molecule has 7 atom stereocenters. The summed E-state index contributed by atoms with van der Waals surface area (Å²) in [5.74, 6) is -1.33. The lowest BCUT2D eigenvalue weighted by atomic mass is 9.98. The molecule has 2 fully saturated rings. The number of aliphatic hydroxyl groups excluding tert-OH is 1. The Labute approximate surface area is 218 Å². The van der Waals surface area contributed by atoms with Gasteiger partial charge in [-0.1, -0.05) is 30.4 Å². The van der Waals surface area contributed by atoms with E-state index in [0.29, 0.717) is 0 Å². The van der Waals surface area contributed by atoms with E-state index in [1.54, 1.807) is 44.2 Å². The summed E-state index contributed by atoms with van der Waals surface area (Å²) in [5, 5.41) is 24.4. The summed E-state index contributed by atoms with van der Waals surface area (Å²) in [6, 6.07) is 8.58. The van der Waals surface area contributed by atoms with Crippen molar-refractivity contribution in [2.24, 2.45) is 5.92 Å². The van der Waals surface area contributed by atoms with E-state index in [0.717, 1.165) is 4.57 Å². The van der Waals surface area contributed by atoms with Crippen LogP contribution in [0.3, 0.4) is 0 Å². The first-order valence-corrected chi connectivity index (χ1v) is 13.6. The highest BCUT2D eigenvalue weighted by atomic mass is 32.1. The number of H-pyrrole nitrogens is 1. The number of aromatic nitrogens is 2. The molecule has 1 aliphatic heterocycles. The maximum Gasteiger partial charge on any atom is 0.459 e. The third-order valence-electron chi connectivity index (χ3n) is 6.28. The van der Waals surface area contributed by atoms with Crippen LogP contribution in [0.1, 0.15) is 33.9 Å². The van der Waals surface area contributed by atoms with Crippen molar-refractivity contribution < 1.29 is 38.1 Å². The first-order valence-electron chi connectivity index (χ1n) is 11.7. The Kier molecular flexibility index (Phi) is 7.52. The normalized spacial score (nSPS) is 30.8. The van der Waals surface area contributed by atoms with Crippen LogP contribution < -0.4 is 15.3 Å². The number of fused-ring (bicyclic) bond motifs is 1. The quantitative estimate of drug-likeness (QED) is 0.193. The number of esters is 1. The van der Waals surface area contributed by atoms with E-state index >= 15 is 0 Å². The van der Waals surface area contributed by atoms with Crippen LogP contribution >= 0.6 is 20.0 Å². The number of carbonyl (C=O) groups excluding carboxylic acids is 1. The van der Waals surface area contributed by atoms with Gasteiger partial charge in [0.05, 0.1) is 24.7 Å². The minimum absolute atomic E-state index is 0.205. The van der Waals surface area contributed by atoms with E-state index in [1.165, 1.54) is 26.1 Å². The second-order valence-electron chi connectivity index (χ2n) is 9.60. The molecule has 2 heterocycles. The zero-order valence-electron chi connectivity index (χ0n) is 20.7. The molecule has 1 aliphatic carbocycles. The van der Waals surface area contributed by atoms with Gasteiger partial charge in [-0.2, -0.15) is 5.09 Å². The van der Waals surface area contributed by atoms with Crippen molar-refractivity contribution in [3.8, 4) is 5.75 Å². The molecule has 1 aromatic heterocycles. The molecule has 1 saturated carbocycles. The predicted octanol–water partition coefficient (Wildman–Crippen LogP) is 2.05. The molecule has 2 aromatic rings. The number of hydrogen-bond acceptors (Lipinski definition) is 10. The van der Waals surface area contributed by atoms with Crippen molar-refractivity contribution in [3.05, 3.63) is 57.7 Å². The molecule has 12 nitrogen and oxygen atoms in total. The van der Waals surface area contributed by atoms with Crippen LogP contribution in [0.15, 0.2) is 47.4 Å². The van der Waals surface area contributed by atoms with Gasteiger partial charge in [0.25, 0.3) is 0 Å². The maximum absolute atomic E-state index is 13.8. The summed E-state index contributed by atoms with van der Waals surface area (Å²) in [5.41, 5.74) is -3.78. The number of ether oxygens (including phenoxy) is 2. The van der Waals surface area contributed by atoms with Crippen molar-refractivity contribution in [1.82, 2.24) is 14.6 Å². The Morgan fingerprint density at radius 2 is 1.97 bits per heavy atom. The molecule has 3 unspecified atom stereocenters. The molecular formula is C23H30N3O9PS. The summed E-state index contributed by atoms with van der Waals surface area (Å²) in [4.78, 5) is 27.2. The Balaban J connectivity index is 1.57. The number of nitrogens with one attached hydrogen (secondary N) is 2. The second-order valence-corrected chi connectivity index (χ2v) is 11.7. The standard InChI is InChI=1S/C23H30N3O9PS/c1-13(2)33-19(28)14(3)25-36(31,35-15-8-6-5-7-9-15)32-12-23-17(18(23)27)22(4,30)20(34-23)26-11-10-16(37)24-21(26)29/h5-11,13-14,17-18,20,27,30H,12H2,1-4H3,(H,25,31)(H,24,29,37)/t14-,17?,18+,20+,22?,23?,36-/m0/s1. The molecular weight excluding hydrogens is 525 g/mol. The number of hydrogen-bond donors (Lipinski definition) is 4. The molecule has 14 heteroatoms. The summed E-state index contributed by atoms with van der Waals surface area (Å²) < 4.78 is 37.6. The van der Waals surface area contributed by atoms with Crippen molar-refractivity contribution >= 4 is 25.9 Å². The van der Waals surface area contributed by atoms with Crippen molar-refractivity contribution in [3.63, 3.8) is 0 Å². The number of aromatic amines is 1. The highest BCUT2D eigenvalue weighted by Crippen LogP contribution is 2.65. The minimum atomic E-state index is -4.25. The Morgan fingerprint density at radius 3 is 2.59 bits per heavy atom. The average Bonchev–Trinajstić information content (AvgIpc) is 3.31. The van der Waals surface area contributed by atoms with Gasteiger partial charge in [0, 0.05) is 6.20 Å². The Hall–Kier alpha value is -2.38. The number of rotatable bonds is 10. The largest absolute Gasteiger partial charge is 0.462 e. The van der Waals surface area contributed by atoms with Gasteiger partial charge in [-0.15, -0.1) is 0 Å². The first-order chi connectivity index (χ1) is 17.3. The third kappa shape index (κ3) is 5.44. The van der Waals surface area contributed by atoms with Crippen LogP contribution in [0, 0.1) is 10.6 Å². The highest BCUT2D eigenvalue weighted by molar-refractivity contribution is 7.71. The summed E-state index contributed by atoms with van der Waals surface area (Å²) >= 11 is 4.96. The molecule has 4 N–H and O–H groups in total. The molecule has 1 aromatic carbocycles. The molecule has 0 spiro atoms. The molecule has 0 radical (unpaired) electrons. The van der Waals surface area contributed by atoms with Gasteiger partial charge in [-0.3, -0.25) is 18.9 Å². The van der Waals surface area contributed by atoms with Crippen LogP contribution in [-0.2, 0) is 23.4 Å². The van der Waals surface area contributed by atoms with Gasteiger partial charge in [-0.05, 0) is 45.9 Å². The zero-order chi connectivity index (χ0) is 27.2. The summed E-state index contributed by atoms with van der Waals surface area (Å²) in [6.45, 7) is 5.75. The number of aliphatic hydroxyl groups is 2. The molecule has 37 heavy (non-hydrogen) atoms.